The molecule has 0 radical (unpaired) electrons. The van der Waals surface area contributed by atoms with E-state index in [9.17, 15) is 0 Å². The number of aryl methyl sites for hydroxylation is 2. The highest BCUT2D eigenvalue weighted by molar-refractivity contribution is 5.90. The molecule has 1 aromatic heterocycles. The van der Waals surface area contributed by atoms with Crippen molar-refractivity contribution in [3.8, 4) is 11.3 Å². The minimum atomic E-state index is 1.22. The van der Waals surface area contributed by atoms with Crippen molar-refractivity contribution < 1.29 is 0 Å². The van der Waals surface area contributed by atoms with Gasteiger partial charge in [0.2, 0.25) is 0 Å². The van der Waals surface area contributed by atoms with Crippen LogP contribution in [0.5, 0.6) is 0 Å². The van der Waals surface area contributed by atoms with E-state index in [4.69, 9.17) is 0 Å². The van der Waals surface area contributed by atoms with Crippen LogP contribution in [0.4, 0.5) is 0 Å². The third-order valence-corrected chi connectivity index (χ3v) is 3.28. The summed E-state index contributed by atoms with van der Waals surface area (Å²) in [6.07, 6.45) is 0. The lowest BCUT2D eigenvalue weighted by molar-refractivity contribution is 1.40. The normalized spacial score (nSPS) is 10.9. The van der Waals surface area contributed by atoms with Crippen LogP contribution in [0.1, 0.15) is 11.1 Å². The fourth-order valence-electron chi connectivity index (χ4n) is 2.35. The van der Waals surface area contributed by atoms with Gasteiger partial charge in [0.05, 0.1) is 0 Å². The summed E-state index contributed by atoms with van der Waals surface area (Å²) in [5, 5.41) is 1.31. The summed E-state index contributed by atoms with van der Waals surface area (Å²) in [5.74, 6) is 0. The number of fused-ring (bicyclic) bond motifs is 1. The maximum absolute atomic E-state index is 3.52. The molecule has 0 bridgehead atoms. The van der Waals surface area contributed by atoms with Gasteiger partial charge in [0.1, 0.15) is 0 Å². The minimum Gasteiger partial charge on any atom is -0.354 e. The van der Waals surface area contributed by atoms with Gasteiger partial charge in [-0.3, -0.25) is 0 Å². The monoisotopic (exact) mass is 221 g/mol. The van der Waals surface area contributed by atoms with Crippen molar-refractivity contribution in [3.05, 3.63) is 59.7 Å². The van der Waals surface area contributed by atoms with E-state index in [0.717, 1.165) is 0 Å². The standard InChI is InChI=1S/C16H15N/c1-11-8-9-14-12(2)16(17-15(14)10-11)13-6-4-3-5-7-13/h3-10,17H,1-2H3. The Bertz CT molecular complexity index is 663. The van der Waals surface area contributed by atoms with Crippen LogP contribution in [0.25, 0.3) is 22.2 Å². The number of aromatic amines is 1. The Morgan fingerprint density at radius 1 is 0.882 bits per heavy atom. The second kappa shape index (κ2) is 3.77. The van der Waals surface area contributed by atoms with Gasteiger partial charge in [0.25, 0.3) is 0 Å². The lowest BCUT2D eigenvalue weighted by Crippen LogP contribution is -1.78. The van der Waals surface area contributed by atoms with Crippen LogP contribution in [0.3, 0.4) is 0 Å². The van der Waals surface area contributed by atoms with Crippen LogP contribution in [0.2, 0.25) is 0 Å². The first kappa shape index (κ1) is 10.2. The Hall–Kier alpha value is -2.02. The Kier molecular flexibility index (Phi) is 2.25. The number of aromatic nitrogens is 1. The van der Waals surface area contributed by atoms with E-state index in [1.54, 1.807) is 0 Å². The fourth-order valence-corrected chi connectivity index (χ4v) is 2.35. The Balaban J connectivity index is 2.28. The second-order valence-corrected chi connectivity index (χ2v) is 4.54. The third kappa shape index (κ3) is 1.64. The van der Waals surface area contributed by atoms with E-state index < -0.39 is 0 Å². The number of benzene rings is 2. The molecule has 84 valence electrons. The molecule has 1 N–H and O–H groups in total. The molecule has 1 heteroatoms. The molecule has 1 heterocycles. The van der Waals surface area contributed by atoms with E-state index in [0.29, 0.717) is 0 Å². The molecule has 0 aliphatic heterocycles. The summed E-state index contributed by atoms with van der Waals surface area (Å²) in [6.45, 7) is 4.30. The third-order valence-electron chi connectivity index (χ3n) is 3.28. The molecule has 3 aromatic rings. The molecule has 0 unspecified atom stereocenters. The molecule has 0 aliphatic carbocycles. The molecule has 0 saturated carbocycles. The van der Waals surface area contributed by atoms with E-state index in [1.807, 2.05) is 6.07 Å². The van der Waals surface area contributed by atoms with Gasteiger partial charge >= 0.3 is 0 Å². The van der Waals surface area contributed by atoms with Crippen molar-refractivity contribution in [2.45, 2.75) is 13.8 Å². The minimum absolute atomic E-state index is 1.22. The summed E-state index contributed by atoms with van der Waals surface area (Å²) in [6, 6.07) is 17.0. The average Bonchev–Trinajstić information content (AvgIpc) is 2.67. The topological polar surface area (TPSA) is 15.8 Å². The zero-order valence-electron chi connectivity index (χ0n) is 10.1. The number of H-pyrrole nitrogens is 1. The largest absolute Gasteiger partial charge is 0.354 e. The summed E-state index contributed by atoms with van der Waals surface area (Å²) < 4.78 is 0. The first-order chi connectivity index (χ1) is 8.25. The van der Waals surface area contributed by atoms with Gasteiger partial charge in [-0.05, 0) is 36.6 Å². The highest BCUT2D eigenvalue weighted by Gasteiger charge is 2.08. The Morgan fingerprint density at radius 3 is 2.41 bits per heavy atom. The van der Waals surface area contributed by atoms with Crippen molar-refractivity contribution >= 4 is 10.9 Å². The summed E-state index contributed by atoms with van der Waals surface area (Å²) >= 11 is 0. The molecule has 1 nitrogen and oxygen atoms in total. The van der Waals surface area contributed by atoms with Crippen molar-refractivity contribution in [2.75, 3.05) is 0 Å². The lowest BCUT2D eigenvalue weighted by Gasteiger charge is -1.99. The first-order valence-corrected chi connectivity index (χ1v) is 5.90. The van der Waals surface area contributed by atoms with Gasteiger partial charge in [0, 0.05) is 16.6 Å². The molecule has 0 fully saturated rings. The van der Waals surface area contributed by atoms with E-state index in [1.165, 1.54) is 33.3 Å². The predicted molar refractivity (Wildman–Crippen MR) is 73.2 cm³/mol. The summed E-state index contributed by atoms with van der Waals surface area (Å²) in [5.41, 5.74) is 6.32. The SMILES string of the molecule is Cc1ccc2c(C)c(-c3ccccc3)[nH]c2c1. The molecular formula is C16H15N. The number of rotatable bonds is 1. The highest BCUT2D eigenvalue weighted by Crippen LogP contribution is 2.29. The van der Waals surface area contributed by atoms with Gasteiger partial charge in [-0.25, -0.2) is 0 Å². The Labute approximate surface area is 101 Å². The summed E-state index contributed by atoms with van der Waals surface area (Å²) in [7, 11) is 0. The molecule has 17 heavy (non-hydrogen) atoms. The first-order valence-electron chi connectivity index (χ1n) is 5.90. The zero-order valence-corrected chi connectivity index (χ0v) is 10.1. The maximum atomic E-state index is 3.52. The van der Waals surface area contributed by atoms with Gasteiger partial charge in [-0.1, -0.05) is 42.5 Å². The quantitative estimate of drug-likeness (QED) is 0.624. The molecule has 3 rings (SSSR count). The number of hydrogen-bond donors (Lipinski definition) is 1. The van der Waals surface area contributed by atoms with Crippen LogP contribution in [-0.2, 0) is 0 Å². The molecular weight excluding hydrogens is 206 g/mol. The van der Waals surface area contributed by atoms with Gasteiger partial charge in [-0.15, -0.1) is 0 Å². The van der Waals surface area contributed by atoms with E-state index in [2.05, 4.69) is 61.3 Å². The van der Waals surface area contributed by atoms with Crippen LogP contribution < -0.4 is 0 Å². The van der Waals surface area contributed by atoms with E-state index >= 15 is 0 Å². The fraction of sp³-hybridized carbons (Fsp3) is 0.125. The Morgan fingerprint density at radius 2 is 1.65 bits per heavy atom. The molecule has 0 atom stereocenters. The van der Waals surface area contributed by atoms with Crippen molar-refractivity contribution in [1.82, 2.24) is 4.98 Å². The molecule has 0 spiro atoms. The molecule has 2 aromatic carbocycles. The predicted octanol–water partition coefficient (Wildman–Crippen LogP) is 4.45. The summed E-state index contributed by atoms with van der Waals surface area (Å²) in [4.78, 5) is 3.52. The molecule has 0 aliphatic rings. The van der Waals surface area contributed by atoms with Crippen LogP contribution in [0, 0.1) is 13.8 Å². The molecule has 0 saturated heterocycles. The van der Waals surface area contributed by atoms with Crippen LogP contribution in [0.15, 0.2) is 48.5 Å². The smallest absolute Gasteiger partial charge is 0.0494 e. The van der Waals surface area contributed by atoms with Crippen LogP contribution >= 0.6 is 0 Å². The van der Waals surface area contributed by atoms with Crippen molar-refractivity contribution in [1.29, 1.82) is 0 Å². The number of nitrogens with one attached hydrogen (secondary N) is 1. The zero-order chi connectivity index (χ0) is 11.8. The average molecular weight is 221 g/mol. The van der Waals surface area contributed by atoms with Gasteiger partial charge in [0.15, 0.2) is 0 Å². The van der Waals surface area contributed by atoms with Crippen LogP contribution in [-0.4, -0.2) is 4.98 Å². The van der Waals surface area contributed by atoms with Crippen molar-refractivity contribution in [3.63, 3.8) is 0 Å². The van der Waals surface area contributed by atoms with Crippen molar-refractivity contribution in [2.24, 2.45) is 0 Å². The van der Waals surface area contributed by atoms with Gasteiger partial charge < -0.3 is 4.98 Å². The van der Waals surface area contributed by atoms with Gasteiger partial charge in [-0.2, -0.15) is 0 Å². The second-order valence-electron chi connectivity index (χ2n) is 4.54. The van der Waals surface area contributed by atoms with E-state index in [-0.39, 0.29) is 0 Å². The lowest BCUT2D eigenvalue weighted by atomic mass is 10.1. The highest BCUT2D eigenvalue weighted by atomic mass is 14.7. The molecule has 0 amide bonds. The maximum Gasteiger partial charge on any atom is 0.0494 e. The number of hydrogen-bond acceptors (Lipinski definition) is 0.